The monoisotopic (exact) mass is 498 g/mol. The third-order valence-electron chi connectivity index (χ3n) is 8.17. The molecule has 5 nitrogen and oxygen atoms in total. The molecule has 0 unspecified atom stereocenters. The van der Waals surface area contributed by atoms with Crippen LogP contribution in [-0.4, -0.2) is 20.9 Å². The number of nitrogens with one attached hydrogen (secondary N) is 1. The molecule has 0 radical (unpaired) electrons. The second kappa shape index (κ2) is 9.56. The van der Waals surface area contributed by atoms with E-state index in [4.69, 9.17) is 0 Å². The molecule has 38 heavy (non-hydrogen) atoms. The first-order valence-electron chi connectivity index (χ1n) is 13.7. The number of carbonyl (C=O) groups is 1. The van der Waals surface area contributed by atoms with E-state index < -0.39 is 0 Å². The molecule has 1 saturated carbocycles. The molecule has 1 heterocycles. The zero-order valence-electron chi connectivity index (χ0n) is 21.4. The number of aromatic nitrogens is 3. The van der Waals surface area contributed by atoms with Crippen molar-refractivity contribution in [2.45, 2.75) is 50.9 Å². The summed E-state index contributed by atoms with van der Waals surface area (Å²) in [5.74, 6) is 0.586. The third-order valence-corrected chi connectivity index (χ3v) is 8.17. The Balaban J connectivity index is 0.997. The first-order valence-corrected chi connectivity index (χ1v) is 13.7. The van der Waals surface area contributed by atoms with Crippen molar-refractivity contribution in [1.82, 2.24) is 15.0 Å². The van der Waals surface area contributed by atoms with Crippen LogP contribution in [-0.2, 0) is 11.2 Å². The molecule has 6 aromatic rings. The van der Waals surface area contributed by atoms with Gasteiger partial charge in [0.2, 0.25) is 5.91 Å². The fraction of sp³-hybridized carbons (Fsp3) is 0.242. The first kappa shape index (κ1) is 22.9. The van der Waals surface area contributed by atoms with E-state index in [2.05, 4.69) is 70.2 Å². The van der Waals surface area contributed by atoms with E-state index >= 15 is 0 Å². The summed E-state index contributed by atoms with van der Waals surface area (Å²) in [6.45, 7) is 0. The Morgan fingerprint density at radius 1 is 0.842 bits per heavy atom. The normalized spacial score (nSPS) is 14.2. The molecule has 5 heteroatoms. The van der Waals surface area contributed by atoms with Crippen molar-refractivity contribution in [3.8, 4) is 5.69 Å². The first-order chi connectivity index (χ1) is 18.7. The zero-order chi connectivity index (χ0) is 25.5. The lowest BCUT2D eigenvalue weighted by Crippen LogP contribution is -2.11. The SMILES string of the molecule is O=C(CCCc1ccc2ccc3cccc4ccc1c2c34)Nc1ccc(-n2cc(C3CCCC3)nn2)cc1. The van der Waals surface area contributed by atoms with E-state index in [1.54, 1.807) is 0 Å². The number of hydrogen-bond donors (Lipinski definition) is 1. The second-order valence-electron chi connectivity index (χ2n) is 10.6. The Labute approximate surface area is 221 Å². The van der Waals surface area contributed by atoms with E-state index in [0.29, 0.717) is 12.3 Å². The average Bonchev–Trinajstić information content (AvgIpc) is 3.66. The molecule has 1 aliphatic rings. The lowest BCUT2D eigenvalue weighted by atomic mass is 9.90. The molecule has 1 aliphatic carbocycles. The summed E-state index contributed by atoms with van der Waals surface area (Å²) >= 11 is 0. The van der Waals surface area contributed by atoms with Crippen LogP contribution >= 0.6 is 0 Å². The van der Waals surface area contributed by atoms with Gasteiger partial charge in [0.05, 0.1) is 17.6 Å². The van der Waals surface area contributed by atoms with Crippen molar-refractivity contribution in [3.63, 3.8) is 0 Å². The molecule has 0 spiro atoms. The summed E-state index contributed by atoms with van der Waals surface area (Å²) < 4.78 is 1.83. The van der Waals surface area contributed by atoms with E-state index in [-0.39, 0.29) is 5.91 Å². The number of anilines is 1. The summed E-state index contributed by atoms with van der Waals surface area (Å²) in [4.78, 5) is 12.7. The Bertz CT molecular complexity index is 1730. The predicted octanol–water partition coefficient (Wildman–Crippen LogP) is 7.78. The minimum atomic E-state index is 0.0414. The molecule has 0 aliphatic heterocycles. The maximum Gasteiger partial charge on any atom is 0.224 e. The zero-order valence-corrected chi connectivity index (χ0v) is 21.4. The maximum atomic E-state index is 12.7. The highest BCUT2D eigenvalue weighted by Crippen LogP contribution is 2.36. The fourth-order valence-corrected chi connectivity index (χ4v) is 6.19. The summed E-state index contributed by atoms with van der Waals surface area (Å²) in [6.07, 6.45) is 9.18. The molecular weight excluding hydrogens is 468 g/mol. The van der Waals surface area contributed by atoms with Crippen molar-refractivity contribution in [1.29, 1.82) is 0 Å². The molecule has 1 amide bonds. The quantitative estimate of drug-likeness (QED) is 0.229. The number of amides is 1. The molecule has 1 fully saturated rings. The highest BCUT2D eigenvalue weighted by Gasteiger charge is 2.20. The van der Waals surface area contributed by atoms with Crippen molar-refractivity contribution in [3.05, 3.63) is 96.3 Å². The van der Waals surface area contributed by atoms with Gasteiger partial charge in [-0.2, -0.15) is 0 Å². The molecule has 188 valence electrons. The van der Waals surface area contributed by atoms with Crippen LogP contribution in [0.25, 0.3) is 38.0 Å². The molecule has 0 atom stereocenters. The van der Waals surface area contributed by atoms with Crippen LogP contribution in [0.15, 0.2) is 85.1 Å². The van der Waals surface area contributed by atoms with E-state index in [1.807, 2.05) is 35.1 Å². The lowest BCUT2D eigenvalue weighted by molar-refractivity contribution is -0.116. The van der Waals surface area contributed by atoms with Gasteiger partial charge in [0.1, 0.15) is 0 Å². The highest BCUT2D eigenvalue weighted by atomic mass is 16.1. The van der Waals surface area contributed by atoms with Crippen molar-refractivity contribution >= 4 is 43.9 Å². The van der Waals surface area contributed by atoms with Crippen LogP contribution in [0, 0.1) is 0 Å². The number of benzene rings is 5. The Hall–Kier alpha value is -4.25. The molecule has 0 bridgehead atoms. The van der Waals surface area contributed by atoms with Gasteiger partial charge in [-0.15, -0.1) is 5.10 Å². The number of aryl methyl sites for hydroxylation is 1. The van der Waals surface area contributed by atoms with Gasteiger partial charge in [0.25, 0.3) is 0 Å². The van der Waals surface area contributed by atoms with Gasteiger partial charge in [-0.3, -0.25) is 4.79 Å². The molecule has 1 N–H and O–H groups in total. The summed E-state index contributed by atoms with van der Waals surface area (Å²) in [5.41, 5.74) is 4.15. The van der Waals surface area contributed by atoms with Crippen LogP contribution in [0.4, 0.5) is 5.69 Å². The Kier molecular flexibility index (Phi) is 5.77. The molecular formula is C33H30N4O. The topological polar surface area (TPSA) is 59.8 Å². The average molecular weight is 499 g/mol. The van der Waals surface area contributed by atoms with E-state index in [1.165, 1.54) is 63.6 Å². The molecule has 0 saturated heterocycles. The van der Waals surface area contributed by atoms with Crippen molar-refractivity contribution in [2.75, 3.05) is 5.32 Å². The minimum absolute atomic E-state index is 0.0414. The summed E-state index contributed by atoms with van der Waals surface area (Å²) in [6, 6.07) is 27.6. The largest absolute Gasteiger partial charge is 0.326 e. The standard InChI is InChI=1S/C33H30N4O/c38-31(34-27-16-18-28(19-17-27)37-21-30(35-36-37)23-5-1-2-6-23)10-4-7-22-11-12-26-14-13-24-8-3-9-25-15-20-29(22)33(26)32(24)25/h3,8-9,11-21,23H,1-2,4-7,10H2,(H,34,38). The smallest absolute Gasteiger partial charge is 0.224 e. The summed E-state index contributed by atoms with van der Waals surface area (Å²) in [5, 5.41) is 19.6. The van der Waals surface area contributed by atoms with Gasteiger partial charge >= 0.3 is 0 Å². The highest BCUT2D eigenvalue weighted by molar-refractivity contribution is 6.23. The van der Waals surface area contributed by atoms with Crippen molar-refractivity contribution < 1.29 is 4.79 Å². The Morgan fingerprint density at radius 3 is 2.34 bits per heavy atom. The van der Waals surface area contributed by atoms with Crippen LogP contribution in [0.3, 0.4) is 0 Å². The fourth-order valence-electron chi connectivity index (χ4n) is 6.19. The van der Waals surface area contributed by atoms with Crippen LogP contribution < -0.4 is 5.32 Å². The number of rotatable bonds is 7. The molecule has 7 rings (SSSR count). The Morgan fingerprint density at radius 2 is 1.55 bits per heavy atom. The van der Waals surface area contributed by atoms with Gasteiger partial charge in [0, 0.05) is 18.0 Å². The third kappa shape index (κ3) is 4.18. The minimum Gasteiger partial charge on any atom is -0.326 e. The van der Waals surface area contributed by atoms with Gasteiger partial charge < -0.3 is 5.32 Å². The van der Waals surface area contributed by atoms with Gasteiger partial charge in [-0.05, 0) is 87.8 Å². The second-order valence-corrected chi connectivity index (χ2v) is 10.6. The van der Waals surface area contributed by atoms with E-state index in [0.717, 1.165) is 29.9 Å². The van der Waals surface area contributed by atoms with Crippen molar-refractivity contribution in [2.24, 2.45) is 0 Å². The van der Waals surface area contributed by atoms with Crippen LogP contribution in [0.2, 0.25) is 0 Å². The molecule has 5 aromatic carbocycles. The van der Waals surface area contributed by atoms with Gasteiger partial charge in [-0.1, -0.05) is 72.7 Å². The van der Waals surface area contributed by atoms with E-state index in [9.17, 15) is 4.79 Å². The maximum absolute atomic E-state index is 12.7. The predicted molar refractivity (Wildman–Crippen MR) is 154 cm³/mol. The van der Waals surface area contributed by atoms with Gasteiger partial charge in [-0.25, -0.2) is 4.68 Å². The lowest BCUT2D eigenvalue weighted by Gasteiger charge is -2.14. The van der Waals surface area contributed by atoms with Gasteiger partial charge in [0.15, 0.2) is 0 Å². The van der Waals surface area contributed by atoms with Crippen LogP contribution in [0.5, 0.6) is 0 Å². The number of nitrogens with zero attached hydrogens (tertiary/aromatic N) is 3. The number of hydrogen-bond acceptors (Lipinski definition) is 3. The molecule has 1 aromatic heterocycles. The van der Waals surface area contributed by atoms with Crippen LogP contribution in [0.1, 0.15) is 55.7 Å². The summed E-state index contributed by atoms with van der Waals surface area (Å²) in [7, 11) is 0. The number of carbonyl (C=O) groups excluding carboxylic acids is 1.